The number of anilines is 2. The van der Waals surface area contributed by atoms with Crippen LogP contribution in [-0.2, 0) is 10.0 Å². The number of hydrogen-bond donors (Lipinski definition) is 2. The van der Waals surface area contributed by atoms with Crippen LogP contribution in [0.25, 0.3) is 0 Å². The predicted molar refractivity (Wildman–Crippen MR) is 141 cm³/mol. The van der Waals surface area contributed by atoms with E-state index in [2.05, 4.69) is 32.1 Å². The minimum atomic E-state index is -3.86. The van der Waals surface area contributed by atoms with E-state index >= 15 is 0 Å². The molecule has 0 bridgehead atoms. The van der Waals surface area contributed by atoms with E-state index in [1.807, 2.05) is 18.2 Å². The quantitative estimate of drug-likeness (QED) is 0.223. The fourth-order valence-electron chi connectivity index (χ4n) is 3.14. The summed E-state index contributed by atoms with van der Waals surface area (Å²) in [6.07, 6.45) is 1.47. The molecule has 3 aromatic carbocycles. The lowest BCUT2D eigenvalue weighted by atomic mass is 10.2. The van der Waals surface area contributed by atoms with E-state index in [9.17, 15) is 13.2 Å². The summed E-state index contributed by atoms with van der Waals surface area (Å²) in [6, 6.07) is 24.5. The molecule has 2 N–H and O–H groups in total. The number of nitrogens with zero attached hydrogens (tertiary/aromatic N) is 2. The largest absolute Gasteiger partial charge is 0.493 e. The molecule has 1 amide bonds. The van der Waals surface area contributed by atoms with Gasteiger partial charge in [0.15, 0.2) is 0 Å². The van der Waals surface area contributed by atoms with Gasteiger partial charge in [0.05, 0.1) is 11.5 Å². The number of thioether (sulfide) groups is 1. The van der Waals surface area contributed by atoms with E-state index in [4.69, 9.17) is 4.74 Å². The molecule has 4 aromatic rings. The van der Waals surface area contributed by atoms with Gasteiger partial charge in [-0.2, -0.15) is 0 Å². The number of hydrogen-bond acceptors (Lipinski definition) is 7. The zero-order valence-corrected chi connectivity index (χ0v) is 21.1. The first-order valence-corrected chi connectivity index (χ1v) is 13.5. The maximum atomic E-state index is 12.6. The number of aryl methyl sites for hydroxylation is 1. The molecule has 0 unspecified atom stereocenters. The number of amides is 1. The van der Waals surface area contributed by atoms with Gasteiger partial charge in [-0.15, -0.1) is 11.8 Å². The van der Waals surface area contributed by atoms with E-state index in [1.165, 1.54) is 35.4 Å². The third kappa shape index (κ3) is 7.06. The maximum Gasteiger partial charge on any atom is 0.264 e. The van der Waals surface area contributed by atoms with Crippen molar-refractivity contribution in [2.45, 2.75) is 16.7 Å². The Kier molecular flexibility index (Phi) is 8.19. The number of carbonyl (C=O) groups is 1. The van der Waals surface area contributed by atoms with Crippen LogP contribution in [0.5, 0.6) is 5.75 Å². The molecule has 184 valence electrons. The average molecular weight is 521 g/mol. The second-order valence-corrected chi connectivity index (χ2v) is 10.5. The maximum absolute atomic E-state index is 12.6. The monoisotopic (exact) mass is 520 g/mol. The van der Waals surface area contributed by atoms with Crippen molar-refractivity contribution in [2.24, 2.45) is 0 Å². The van der Waals surface area contributed by atoms with Crippen molar-refractivity contribution in [3.8, 4) is 5.75 Å². The lowest BCUT2D eigenvalue weighted by Crippen LogP contribution is -2.16. The number of ether oxygens (including phenoxy) is 1. The smallest absolute Gasteiger partial charge is 0.264 e. The van der Waals surface area contributed by atoms with Crippen LogP contribution >= 0.6 is 11.8 Å². The van der Waals surface area contributed by atoms with Crippen LogP contribution in [0.4, 0.5) is 11.6 Å². The molecule has 4 rings (SSSR count). The molecule has 1 heterocycles. The van der Waals surface area contributed by atoms with Crippen molar-refractivity contribution in [3.05, 3.63) is 102 Å². The van der Waals surface area contributed by atoms with Crippen LogP contribution in [0.1, 0.15) is 16.1 Å². The summed E-state index contributed by atoms with van der Waals surface area (Å²) in [5.74, 6) is 1.17. The molecule has 0 saturated heterocycles. The Morgan fingerprint density at radius 2 is 1.67 bits per heavy atom. The standard InChI is InChI=1S/C26H24N4O4S2/c1-19-15-16-27-26(28-19)30-36(32,33)24-13-9-21(10-14-24)29-25(31)20-7-11-22(12-8-20)34-17-18-35-23-5-3-2-4-6-23/h2-16H,17-18H2,1H3,(H,29,31)(H,27,28,30). The second-order valence-electron chi connectivity index (χ2n) is 7.64. The Morgan fingerprint density at radius 1 is 0.944 bits per heavy atom. The predicted octanol–water partition coefficient (Wildman–Crippen LogP) is 5.01. The highest BCUT2D eigenvalue weighted by Gasteiger charge is 2.16. The third-order valence-corrected chi connectivity index (χ3v) is 7.24. The molecular weight excluding hydrogens is 496 g/mol. The summed E-state index contributed by atoms with van der Waals surface area (Å²) in [5.41, 5.74) is 1.56. The van der Waals surface area contributed by atoms with Crippen molar-refractivity contribution in [3.63, 3.8) is 0 Å². The summed E-state index contributed by atoms with van der Waals surface area (Å²) in [7, 11) is -3.86. The summed E-state index contributed by atoms with van der Waals surface area (Å²) in [5, 5.41) is 2.76. The van der Waals surface area contributed by atoms with Crippen LogP contribution in [0.2, 0.25) is 0 Å². The van der Waals surface area contributed by atoms with Gasteiger partial charge in [0.25, 0.3) is 15.9 Å². The highest BCUT2D eigenvalue weighted by molar-refractivity contribution is 7.99. The Labute approximate surface area is 214 Å². The molecule has 0 aliphatic rings. The normalized spacial score (nSPS) is 11.0. The number of aromatic nitrogens is 2. The topological polar surface area (TPSA) is 110 Å². The molecule has 8 nitrogen and oxygen atoms in total. The second kappa shape index (κ2) is 11.7. The number of rotatable bonds is 10. The Bertz CT molecular complexity index is 1410. The number of benzene rings is 3. The minimum Gasteiger partial charge on any atom is -0.493 e. The zero-order valence-electron chi connectivity index (χ0n) is 19.4. The average Bonchev–Trinajstić information content (AvgIpc) is 2.88. The number of carbonyl (C=O) groups excluding carboxylic acids is 1. The first-order chi connectivity index (χ1) is 17.4. The van der Waals surface area contributed by atoms with Crippen LogP contribution in [0, 0.1) is 6.92 Å². The van der Waals surface area contributed by atoms with Crippen LogP contribution in [0.3, 0.4) is 0 Å². The highest BCUT2D eigenvalue weighted by atomic mass is 32.2. The van der Waals surface area contributed by atoms with E-state index in [0.717, 1.165) is 5.75 Å². The van der Waals surface area contributed by atoms with Crippen molar-refractivity contribution < 1.29 is 17.9 Å². The van der Waals surface area contributed by atoms with Gasteiger partial charge in [0.1, 0.15) is 5.75 Å². The van der Waals surface area contributed by atoms with Gasteiger partial charge in [0, 0.05) is 33.8 Å². The van der Waals surface area contributed by atoms with Gasteiger partial charge in [0.2, 0.25) is 5.95 Å². The Hall–Kier alpha value is -3.89. The molecule has 0 atom stereocenters. The van der Waals surface area contributed by atoms with Crippen molar-refractivity contribution in [2.75, 3.05) is 22.4 Å². The molecule has 0 aliphatic carbocycles. The van der Waals surface area contributed by atoms with Gasteiger partial charge in [-0.3, -0.25) is 4.79 Å². The summed E-state index contributed by atoms with van der Waals surface area (Å²) in [6.45, 7) is 2.29. The van der Waals surface area contributed by atoms with Crippen LogP contribution < -0.4 is 14.8 Å². The first-order valence-electron chi connectivity index (χ1n) is 11.0. The Balaban J connectivity index is 1.29. The summed E-state index contributed by atoms with van der Waals surface area (Å²) < 4.78 is 33.2. The van der Waals surface area contributed by atoms with Crippen LogP contribution in [-0.4, -0.2) is 36.7 Å². The lowest BCUT2D eigenvalue weighted by Gasteiger charge is -2.10. The van der Waals surface area contributed by atoms with Crippen molar-refractivity contribution in [1.82, 2.24) is 9.97 Å². The van der Waals surface area contributed by atoms with Crippen LogP contribution in [0.15, 0.2) is 101 Å². The van der Waals surface area contributed by atoms with Gasteiger partial charge in [-0.25, -0.2) is 23.1 Å². The van der Waals surface area contributed by atoms with Gasteiger partial charge >= 0.3 is 0 Å². The molecule has 0 aliphatic heterocycles. The van der Waals surface area contributed by atoms with Gasteiger partial charge < -0.3 is 10.1 Å². The SMILES string of the molecule is Cc1ccnc(NS(=O)(=O)c2ccc(NC(=O)c3ccc(OCCSc4ccccc4)cc3)cc2)n1. The highest BCUT2D eigenvalue weighted by Crippen LogP contribution is 2.20. The van der Waals surface area contributed by atoms with Crippen molar-refractivity contribution >= 4 is 39.3 Å². The molecule has 0 fully saturated rings. The number of sulfonamides is 1. The van der Waals surface area contributed by atoms with E-state index in [0.29, 0.717) is 29.3 Å². The molecular formula is C26H24N4O4S2. The van der Waals surface area contributed by atoms with Crippen molar-refractivity contribution in [1.29, 1.82) is 0 Å². The minimum absolute atomic E-state index is 0.00486. The fraction of sp³-hybridized carbons (Fsp3) is 0.115. The van der Waals surface area contributed by atoms with E-state index in [1.54, 1.807) is 49.0 Å². The number of nitrogens with one attached hydrogen (secondary N) is 2. The molecule has 0 saturated carbocycles. The molecule has 1 aromatic heterocycles. The van der Waals surface area contributed by atoms with E-state index in [-0.39, 0.29) is 16.8 Å². The lowest BCUT2D eigenvalue weighted by molar-refractivity contribution is 0.102. The summed E-state index contributed by atoms with van der Waals surface area (Å²) >= 11 is 1.72. The fourth-order valence-corrected chi connectivity index (χ4v) is 4.84. The molecule has 0 spiro atoms. The first kappa shape index (κ1) is 25.2. The zero-order chi connectivity index (χ0) is 25.4. The molecule has 10 heteroatoms. The van der Waals surface area contributed by atoms with Gasteiger partial charge in [-0.05, 0) is 73.7 Å². The van der Waals surface area contributed by atoms with E-state index < -0.39 is 10.0 Å². The molecule has 36 heavy (non-hydrogen) atoms. The molecule has 0 radical (unpaired) electrons. The third-order valence-electron chi connectivity index (χ3n) is 4.92. The van der Waals surface area contributed by atoms with Gasteiger partial charge in [-0.1, -0.05) is 18.2 Å². The Morgan fingerprint density at radius 3 is 2.36 bits per heavy atom. The summed E-state index contributed by atoms with van der Waals surface area (Å²) in [4.78, 5) is 21.8.